The van der Waals surface area contributed by atoms with Crippen molar-refractivity contribution in [2.75, 3.05) is 6.61 Å². The number of rotatable bonds is 9. The average Bonchev–Trinajstić information content (AvgIpc) is 2.56. The third-order valence-corrected chi connectivity index (χ3v) is 5.11. The summed E-state index contributed by atoms with van der Waals surface area (Å²) in [7, 11) is -3.71. The maximum absolute atomic E-state index is 12.1. The molecule has 25 heavy (non-hydrogen) atoms. The number of amides is 1. The largest absolute Gasteiger partial charge is 0.452 e. The second kappa shape index (κ2) is 9.53. The Bertz CT molecular complexity index is 697. The first kappa shape index (κ1) is 21.1. The van der Waals surface area contributed by atoms with E-state index in [4.69, 9.17) is 4.74 Å². The molecule has 8 heteroatoms. The second-order valence-corrected chi connectivity index (χ2v) is 7.67. The highest BCUT2D eigenvalue weighted by atomic mass is 32.2. The third-order valence-electron chi connectivity index (χ3n) is 3.46. The van der Waals surface area contributed by atoms with Gasteiger partial charge in [-0.05, 0) is 44.9 Å². The molecule has 0 saturated heterocycles. The van der Waals surface area contributed by atoms with Crippen LogP contribution in [-0.4, -0.2) is 39.0 Å². The van der Waals surface area contributed by atoms with Gasteiger partial charge in [-0.3, -0.25) is 4.79 Å². The van der Waals surface area contributed by atoms with Crippen molar-refractivity contribution < 1.29 is 22.7 Å². The fourth-order valence-electron chi connectivity index (χ4n) is 2.15. The van der Waals surface area contributed by atoms with E-state index in [2.05, 4.69) is 10.0 Å². The molecule has 1 amide bonds. The minimum Gasteiger partial charge on any atom is -0.452 e. The molecule has 1 aromatic carbocycles. The number of sulfonamides is 1. The molecule has 1 aromatic rings. The maximum Gasteiger partial charge on any atom is 0.338 e. The van der Waals surface area contributed by atoms with E-state index in [-0.39, 0.29) is 28.4 Å². The topological polar surface area (TPSA) is 102 Å². The molecular weight excluding hydrogens is 344 g/mol. The molecule has 7 nitrogen and oxygen atoms in total. The molecule has 0 aliphatic carbocycles. The number of hydrogen-bond donors (Lipinski definition) is 2. The summed E-state index contributed by atoms with van der Waals surface area (Å²) >= 11 is 0. The summed E-state index contributed by atoms with van der Waals surface area (Å²) in [6.07, 6.45) is 1.58. The zero-order valence-corrected chi connectivity index (χ0v) is 15.9. The van der Waals surface area contributed by atoms with Crippen LogP contribution in [0.15, 0.2) is 29.2 Å². The van der Waals surface area contributed by atoms with Crippen LogP contribution in [0.25, 0.3) is 0 Å². The summed E-state index contributed by atoms with van der Waals surface area (Å²) in [4.78, 5) is 23.8. The highest BCUT2D eigenvalue weighted by molar-refractivity contribution is 7.89. The number of ether oxygens (including phenoxy) is 1. The van der Waals surface area contributed by atoms with Crippen LogP contribution in [-0.2, 0) is 19.6 Å². The Morgan fingerprint density at radius 3 is 2.36 bits per heavy atom. The molecule has 1 rings (SSSR count). The Morgan fingerprint density at radius 2 is 1.80 bits per heavy atom. The van der Waals surface area contributed by atoms with Gasteiger partial charge in [-0.25, -0.2) is 17.9 Å². The number of esters is 1. The van der Waals surface area contributed by atoms with Crippen LogP contribution in [0.3, 0.4) is 0 Å². The van der Waals surface area contributed by atoms with E-state index in [1.54, 1.807) is 13.8 Å². The van der Waals surface area contributed by atoms with E-state index in [1.807, 2.05) is 13.8 Å². The predicted molar refractivity (Wildman–Crippen MR) is 94.7 cm³/mol. The zero-order valence-electron chi connectivity index (χ0n) is 15.0. The Labute approximate surface area is 149 Å². The van der Waals surface area contributed by atoms with E-state index in [1.165, 1.54) is 24.3 Å². The van der Waals surface area contributed by atoms with Gasteiger partial charge in [-0.1, -0.05) is 19.9 Å². The molecule has 0 radical (unpaired) electrons. The molecule has 140 valence electrons. The highest BCUT2D eigenvalue weighted by Crippen LogP contribution is 2.13. The molecular formula is C17H26N2O5S. The van der Waals surface area contributed by atoms with Crippen molar-refractivity contribution >= 4 is 21.9 Å². The lowest BCUT2D eigenvalue weighted by molar-refractivity contribution is -0.125. The Morgan fingerprint density at radius 1 is 1.16 bits per heavy atom. The van der Waals surface area contributed by atoms with Crippen LogP contribution >= 0.6 is 0 Å². The molecule has 0 heterocycles. The smallest absolute Gasteiger partial charge is 0.338 e. The number of hydrogen-bond acceptors (Lipinski definition) is 5. The van der Waals surface area contributed by atoms with E-state index in [0.717, 1.165) is 12.8 Å². The minimum absolute atomic E-state index is 0.0304. The standard InChI is InChI=1S/C17H26N2O5S/c1-5-14(6-2)18-16(20)11-24-17(21)13-8-7-9-15(10-13)25(22,23)19-12(3)4/h7-10,12,14,19H,5-6,11H2,1-4H3,(H,18,20). The number of benzene rings is 1. The highest BCUT2D eigenvalue weighted by Gasteiger charge is 2.18. The molecule has 0 unspecified atom stereocenters. The van der Waals surface area contributed by atoms with Gasteiger partial charge in [-0.2, -0.15) is 0 Å². The summed E-state index contributed by atoms with van der Waals surface area (Å²) in [5.74, 6) is -1.13. The van der Waals surface area contributed by atoms with Gasteiger partial charge in [0.15, 0.2) is 6.61 Å². The van der Waals surface area contributed by atoms with Gasteiger partial charge in [0.1, 0.15) is 0 Å². The fraction of sp³-hybridized carbons (Fsp3) is 0.529. The van der Waals surface area contributed by atoms with Crippen molar-refractivity contribution in [2.45, 2.75) is 57.5 Å². The van der Waals surface area contributed by atoms with Gasteiger partial charge in [0.2, 0.25) is 10.0 Å². The summed E-state index contributed by atoms with van der Waals surface area (Å²) in [5.41, 5.74) is 0.0713. The molecule has 0 atom stereocenters. The molecule has 0 bridgehead atoms. The van der Waals surface area contributed by atoms with E-state index in [9.17, 15) is 18.0 Å². The van der Waals surface area contributed by atoms with Gasteiger partial charge in [0.05, 0.1) is 10.5 Å². The van der Waals surface area contributed by atoms with E-state index >= 15 is 0 Å². The van der Waals surface area contributed by atoms with Crippen LogP contribution in [0.5, 0.6) is 0 Å². The van der Waals surface area contributed by atoms with Crippen molar-refractivity contribution in [2.24, 2.45) is 0 Å². The fourth-order valence-corrected chi connectivity index (χ4v) is 3.44. The van der Waals surface area contributed by atoms with Gasteiger partial charge < -0.3 is 10.1 Å². The Balaban J connectivity index is 2.74. The molecule has 2 N–H and O–H groups in total. The second-order valence-electron chi connectivity index (χ2n) is 5.96. The van der Waals surface area contributed by atoms with Crippen molar-refractivity contribution in [3.63, 3.8) is 0 Å². The van der Waals surface area contributed by atoms with Gasteiger partial charge in [0, 0.05) is 12.1 Å². The molecule has 0 spiro atoms. The lowest BCUT2D eigenvalue weighted by Gasteiger charge is -2.14. The van der Waals surface area contributed by atoms with Crippen molar-refractivity contribution in [1.82, 2.24) is 10.0 Å². The average molecular weight is 370 g/mol. The molecule has 0 saturated carbocycles. The van der Waals surface area contributed by atoms with Crippen molar-refractivity contribution in [3.05, 3.63) is 29.8 Å². The van der Waals surface area contributed by atoms with Crippen LogP contribution in [0, 0.1) is 0 Å². The van der Waals surface area contributed by atoms with E-state index in [0.29, 0.717) is 0 Å². The third kappa shape index (κ3) is 6.83. The van der Waals surface area contributed by atoms with Crippen molar-refractivity contribution in [1.29, 1.82) is 0 Å². The SMILES string of the molecule is CCC(CC)NC(=O)COC(=O)c1cccc(S(=O)(=O)NC(C)C)c1. The Hall–Kier alpha value is -1.93. The van der Waals surface area contributed by atoms with Crippen LogP contribution in [0.4, 0.5) is 0 Å². The number of carbonyl (C=O) groups is 2. The molecule has 0 fully saturated rings. The molecule has 0 aliphatic heterocycles. The van der Waals surface area contributed by atoms with Gasteiger partial charge in [0.25, 0.3) is 5.91 Å². The normalized spacial score (nSPS) is 11.6. The Kier molecular flexibility index (Phi) is 8.05. The number of nitrogens with one attached hydrogen (secondary N) is 2. The monoisotopic (exact) mass is 370 g/mol. The summed E-state index contributed by atoms with van der Waals surface area (Å²) in [6.45, 7) is 6.91. The lowest BCUT2D eigenvalue weighted by Crippen LogP contribution is -2.36. The van der Waals surface area contributed by atoms with Crippen LogP contribution in [0.1, 0.15) is 50.9 Å². The maximum atomic E-state index is 12.1. The predicted octanol–water partition coefficient (Wildman–Crippen LogP) is 1.83. The van der Waals surface area contributed by atoms with Gasteiger partial charge >= 0.3 is 5.97 Å². The first-order chi connectivity index (χ1) is 11.7. The van der Waals surface area contributed by atoms with Crippen LogP contribution in [0.2, 0.25) is 0 Å². The van der Waals surface area contributed by atoms with Crippen molar-refractivity contribution in [3.8, 4) is 0 Å². The molecule has 0 aliphatic rings. The summed E-state index contributed by atoms with van der Waals surface area (Å²) < 4.78 is 31.7. The van der Waals surface area contributed by atoms with Crippen LogP contribution < -0.4 is 10.0 Å². The first-order valence-electron chi connectivity index (χ1n) is 8.28. The van der Waals surface area contributed by atoms with Gasteiger partial charge in [-0.15, -0.1) is 0 Å². The lowest BCUT2D eigenvalue weighted by atomic mass is 10.2. The summed E-state index contributed by atoms with van der Waals surface area (Å²) in [5, 5.41) is 2.76. The summed E-state index contributed by atoms with van der Waals surface area (Å²) in [6, 6.07) is 5.29. The first-order valence-corrected chi connectivity index (χ1v) is 9.76. The minimum atomic E-state index is -3.71. The van der Waals surface area contributed by atoms with E-state index < -0.39 is 22.6 Å². The quantitative estimate of drug-likeness (QED) is 0.646. The number of carbonyl (C=O) groups excluding carboxylic acids is 2. The zero-order chi connectivity index (χ0) is 19.0. The molecule has 0 aromatic heterocycles.